The monoisotopic (exact) mass is 400 g/mol. The first-order valence-electron chi connectivity index (χ1n) is 9.15. The lowest BCUT2D eigenvalue weighted by atomic mass is 10.1. The van der Waals surface area contributed by atoms with E-state index >= 15 is 0 Å². The van der Waals surface area contributed by atoms with Gasteiger partial charge in [-0.1, -0.05) is 23.7 Å². The van der Waals surface area contributed by atoms with Gasteiger partial charge in [-0.15, -0.1) is 0 Å². The second kappa shape index (κ2) is 8.09. The van der Waals surface area contributed by atoms with Crippen LogP contribution in [0.1, 0.15) is 11.3 Å². The van der Waals surface area contributed by atoms with Gasteiger partial charge < -0.3 is 4.57 Å². The predicted octanol–water partition coefficient (Wildman–Crippen LogP) is 5.79. The average Bonchev–Trinajstić information content (AvgIpc) is 3.00. The molecule has 0 N–H and O–H groups in total. The third kappa shape index (κ3) is 4.08. The van der Waals surface area contributed by atoms with Gasteiger partial charge in [0.15, 0.2) is 0 Å². The van der Waals surface area contributed by atoms with Crippen LogP contribution in [0.15, 0.2) is 54.6 Å². The summed E-state index contributed by atoms with van der Waals surface area (Å²) in [6.07, 6.45) is 0. The number of hydrogen-bond acceptors (Lipinski definition) is 2. The first-order chi connectivity index (χ1) is 13.1. The number of benzene rings is 2. The van der Waals surface area contributed by atoms with Gasteiger partial charge in [0.2, 0.25) is 0 Å². The molecule has 0 bridgehead atoms. The van der Waals surface area contributed by atoms with E-state index in [4.69, 9.17) is 11.6 Å². The molecular weight excluding hydrogens is 379 g/mol. The Hall–Kier alpha value is -1.75. The SMILES string of the molecule is Cc1c(CN2CCSCC2)cc(-c2ccc(Cl)cc2)n1-c1ccc(F)cc1. The van der Waals surface area contributed by atoms with Gasteiger partial charge in [0.25, 0.3) is 0 Å². The van der Waals surface area contributed by atoms with E-state index in [1.54, 1.807) is 0 Å². The number of halogens is 2. The minimum atomic E-state index is -0.220. The summed E-state index contributed by atoms with van der Waals surface area (Å²) in [5, 5.41) is 0.724. The van der Waals surface area contributed by atoms with Crippen molar-refractivity contribution in [3.05, 3.63) is 76.7 Å². The van der Waals surface area contributed by atoms with Gasteiger partial charge in [0, 0.05) is 47.5 Å². The van der Waals surface area contributed by atoms with Crippen LogP contribution in [0.25, 0.3) is 16.9 Å². The number of aromatic nitrogens is 1. The van der Waals surface area contributed by atoms with Gasteiger partial charge in [-0.3, -0.25) is 4.90 Å². The van der Waals surface area contributed by atoms with Crippen molar-refractivity contribution in [3.63, 3.8) is 0 Å². The fourth-order valence-corrected chi connectivity index (χ4v) is 4.68. The maximum absolute atomic E-state index is 13.5. The number of nitrogens with zero attached hydrogens (tertiary/aromatic N) is 2. The Labute approximate surface area is 169 Å². The summed E-state index contributed by atoms with van der Waals surface area (Å²) in [6, 6.07) is 16.9. The normalized spacial score (nSPS) is 15.2. The lowest BCUT2D eigenvalue weighted by Crippen LogP contribution is -2.32. The zero-order valence-electron chi connectivity index (χ0n) is 15.3. The van der Waals surface area contributed by atoms with E-state index in [0.717, 1.165) is 41.6 Å². The molecule has 4 rings (SSSR count). The second-order valence-corrected chi connectivity index (χ2v) is 8.51. The molecule has 0 radical (unpaired) electrons. The summed E-state index contributed by atoms with van der Waals surface area (Å²) in [4.78, 5) is 2.51. The quantitative estimate of drug-likeness (QED) is 0.547. The van der Waals surface area contributed by atoms with Crippen LogP contribution >= 0.6 is 23.4 Å². The van der Waals surface area contributed by atoms with E-state index in [0.29, 0.717) is 0 Å². The molecule has 0 saturated carbocycles. The molecule has 27 heavy (non-hydrogen) atoms. The van der Waals surface area contributed by atoms with Crippen LogP contribution in [0, 0.1) is 12.7 Å². The van der Waals surface area contributed by atoms with Crippen molar-refractivity contribution in [3.8, 4) is 16.9 Å². The molecule has 1 fully saturated rings. The Morgan fingerprint density at radius 3 is 2.33 bits per heavy atom. The molecule has 0 unspecified atom stereocenters. The third-order valence-corrected chi connectivity index (χ3v) is 6.27. The largest absolute Gasteiger partial charge is 0.314 e. The molecule has 1 aliphatic heterocycles. The highest BCUT2D eigenvalue weighted by Gasteiger charge is 2.18. The fraction of sp³-hybridized carbons (Fsp3) is 0.273. The summed E-state index contributed by atoms with van der Waals surface area (Å²) in [5.41, 5.74) is 5.70. The summed E-state index contributed by atoms with van der Waals surface area (Å²) >= 11 is 8.10. The number of thioether (sulfide) groups is 1. The van der Waals surface area contributed by atoms with Crippen molar-refractivity contribution in [2.75, 3.05) is 24.6 Å². The molecular formula is C22H22ClFN2S. The zero-order chi connectivity index (χ0) is 18.8. The standard InChI is InChI=1S/C22H22ClFN2S/c1-16-18(15-25-10-12-27-13-11-25)14-22(17-2-4-19(23)5-3-17)26(16)21-8-6-20(24)7-9-21/h2-9,14H,10-13,15H2,1H3. The van der Waals surface area contributed by atoms with Gasteiger partial charge in [0.1, 0.15) is 5.82 Å². The molecule has 0 aliphatic carbocycles. The fourth-order valence-electron chi connectivity index (χ4n) is 3.57. The van der Waals surface area contributed by atoms with E-state index in [1.165, 1.54) is 34.9 Å². The number of rotatable bonds is 4. The minimum absolute atomic E-state index is 0.220. The van der Waals surface area contributed by atoms with Crippen LogP contribution in [0.2, 0.25) is 5.02 Å². The van der Waals surface area contributed by atoms with Crippen molar-refractivity contribution in [1.82, 2.24) is 9.47 Å². The molecule has 1 saturated heterocycles. The highest BCUT2D eigenvalue weighted by Crippen LogP contribution is 2.31. The Bertz CT molecular complexity index is 913. The molecule has 5 heteroatoms. The molecule has 0 atom stereocenters. The van der Waals surface area contributed by atoms with E-state index in [2.05, 4.69) is 22.5 Å². The Morgan fingerprint density at radius 2 is 1.67 bits per heavy atom. The maximum Gasteiger partial charge on any atom is 0.123 e. The highest BCUT2D eigenvalue weighted by atomic mass is 35.5. The molecule has 3 aromatic rings. The maximum atomic E-state index is 13.5. The van der Waals surface area contributed by atoms with E-state index in [-0.39, 0.29) is 5.82 Å². The smallest absolute Gasteiger partial charge is 0.123 e. The lowest BCUT2D eigenvalue weighted by molar-refractivity contribution is 0.294. The van der Waals surface area contributed by atoms with Crippen molar-refractivity contribution in [2.24, 2.45) is 0 Å². The van der Waals surface area contributed by atoms with E-state index in [1.807, 2.05) is 48.2 Å². The van der Waals surface area contributed by atoms with E-state index in [9.17, 15) is 4.39 Å². The summed E-state index contributed by atoms with van der Waals surface area (Å²) in [7, 11) is 0. The molecule has 2 nitrogen and oxygen atoms in total. The van der Waals surface area contributed by atoms with Gasteiger partial charge >= 0.3 is 0 Å². The van der Waals surface area contributed by atoms with Crippen LogP contribution < -0.4 is 0 Å². The van der Waals surface area contributed by atoms with Gasteiger partial charge in [0.05, 0.1) is 5.69 Å². The molecule has 1 aliphatic rings. The Balaban J connectivity index is 1.78. The lowest BCUT2D eigenvalue weighted by Gasteiger charge is -2.26. The van der Waals surface area contributed by atoms with Crippen LogP contribution in [0.5, 0.6) is 0 Å². The molecule has 140 valence electrons. The van der Waals surface area contributed by atoms with Crippen molar-refractivity contribution in [1.29, 1.82) is 0 Å². The predicted molar refractivity (Wildman–Crippen MR) is 114 cm³/mol. The van der Waals surface area contributed by atoms with Crippen LogP contribution in [-0.2, 0) is 6.54 Å². The van der Waals surface area contributed by atoms with E-state index < -0.39 is 0 Å². The third-order valence-electron chi connectivity index (χ3n) is 5.07. The summed E-state index contributed by atoms with van der Waals surface area (Å²) < 4.78 is 15.7. The Kier molecular flexibility index (Phi) is 5.58. The van der Waals surface area contributed by atoms with Crippen molar-refractivity contribution >= 4 is 23.4 Å². The highest BCUT2D eigenvalue weighted by molar-refractivity contribution is 7.99. The minimum Gasteiger partial charge on any atom is -0.314 e. The first-order valence-corrected chi connectivity index (χ1v) is 10.7. The average molecular weight is 401 g/mol. The van der Waals surface area contributed by atoms with Crippen LogP contribution in [-0.4, -0.2) is 34.1 Å². The topological polar surface area (TPSA) is 8.17 Å². The van der Waals surface area contributed by atoms with Crippen molar-refractivity contribution < 1.29 is 4.39 Å². The number of hydrogen-bond donors (Lipinski definition) is 0. The van der Waals surface area contributed by atoms with Crippen LogP contribution in [0.3, 0.4) is 0 Å². The van der Waals surface area contributed by atoms with Gasteiger partial charge in [-0.25, -0.2) is 4.39 Å². The molecule has 0 spiro atoms. The first kappa shape index (κ1) is 18.6. The molecule has 1 aromatic heterocycles. The summed E-state index contributed by atoms with van der Waals surface area (Å²) in [6.45, 7) is 5.35. The van der Waals surface area contributed by atoms with Gasteiger partial charge in [-0.05, 0) is 60.5 Å². The second-order valence-electron chi connectivity index (χ2n) is 6.85. The Morgan fingerprint density at radius 1 is 1.00 bits per heavy atom. The van der Waals surface area contributed by atoms with Crippen molar-refractivity contribution in [2.45, 2.75) is 13.5 Å². The van der Waals surface area contributed by atoms with Crippen LogP contribution in [0.4, 0.5) is 4.39 Å². The van der Waals surface area contributed by atoms with Gasteiger partial charge in [-0.2, -0.15) is 11.8 Å². The molecule has 0 amide bonds. The summed E-state index contributed by atoms with van der Waals surface area (Å²) in [5.74, 6) is 2.17. The molecule has 2 aromatic carbocycles. The molecule has 2 heterocycles. The zero-order valence-corrected chi connectivity index (χ0v) is 16.9.